The highest BCUT2D eigenvalue weighted by Crippen LogP contribution is 2.23. The largest absolute Gasteiger partial charge is 0.368 e. The van der Waals surface area contributed by atoms with Crippen LogP contribution in [-0.2, 0) is 10.0 Å². The molecule has 0 unspecified atom stereocenters. The minimum Gasteiger partial charge on any atom is -0.368 e. The third kappa shape index (κ3) is 4.60. The number of sulfonamides is 1. The van der Waals surface area contributed by atoms with E-state index in [-0.39, 0.29) is 10.8 Å². The van der Waals surface area contributed by atoms with Gasteiger partial charge in [-0.3, -0.25) is 14.5 Å². The Morgan fingerprint density at radius 3 is 2.22 bits per heavy atom. The minimum atomic E-state index is -3.74. The van der Waals surface area contributed by atoms with Crippen LogP contribution in [0, 0.1) is 13.8 Å². The molecular weight excluding hydrogens is 424 g/mol. The molecule has 1 aliphatic rings. The van der Waals surface area contributed by atoms with Gasteiger partial charge >= 0.3 is 0 Å². The zero-order chi connectivity index (χ0) is 22.7. The Balaban J connectivity index is 1.42. The second-order valence-corrected chi connectivity index (χ2v) is 9.54. The van der Waals surface area contributed by atoms with Crippen molar-refractivity contribution in [2.45, 2.75) is 18.7 Å². The van der Waals surface area contributed by atoms with Gasteiger partial charge in [0.15, 0.2) is 0 Å². The van der Waals surface area contributed by atoms with Crippen molar-refractivity contribution in [1.29, 1.82) is 0 Å². The van der Waals surface area contributed by atoms with Crippen molar-refractivity contribution < 1.29 is 13.2 Å². The number of aromatic nitrogens is 1. The molecule has 1 saturated heterocycles. The van der Waals surface area contributed by atoms with Crippen LogP contribution in [0.3, 0.4) is 0 Å². The van der Waals surface area contributed by atoms with Crippen molar-refractivity contribution >= 4 is 27.3 Å². The molecule has 0 atom stereocenters. The van der Waals surface area contributed by atoms with E-state index in [1.54, 1.807) is 35.5 Å². The molecule has 4 rings (SSSR count). The summed E-state index contributed by atoms with van der Waals surface area (Å²) >= 11 is 0. The highest BCUT2D eigenvalue weighted by Gasteiger charge is 2.23. The number of nitrogens with one attached hydrogen (secondary N) is 1. The predicted molar refractivity (Wildman–Crippen MR) is 126 cm³/mol. The van der Waals surface area contributed by atoms with E-state index in [0.717, 1.165) is 29.9 Å². The second-order valence-electron chi connectivity index (χ2n) is 7.86. The number of anilines is 2. The lowest BCUT2D eigenvalue weighted by Crippen LogP contribution is -2.48. The molecule has 7 nitrogen and oxygen atoms in total. The standard InChI is InChI=1S/C24H26N4O3S/c1-18-4-3-5-23(19(18)2)26-32(30,31)22-8-6-20(7-9-22)24(29)28-16-14-27(15-17-28)21-10-12-25-13-11-21/h3-13,26H,14-17H2,1-2H3. The number of piperazine rings is 1. The fourth-order valence-corrected chi connectivity index (χ4v) is 4.87. The SMILES string of the molecule is Cc1cccc(NS(=O)(=O)c2ccc(C(=O)N3CCN(c4ccncc4)CC3)cc2)c1C. The number of carbonyl (C=O) groups excluding carboxylic acids is 1. The van der Waals surface area contributed by atoms with Crippen molar-refractivity contribution in [1.82, 2.24) is 9.88 Å². The van der Waals surface area contributed by atoms with Crippen LogP contribution < -0.4 is 9.62 Å². The Morgan fingerprint density at radius 1 is 0.906 bits per heavy atom. The highest BCUT2D eigenvalue weighted by atomic mass is 32.2. The maximum Gasteiger partial charge on any atom is 0.261 e. The molecule has 1 amide bonds. The summed E-state index contributed by atoms with van der Waals surface area (Å²) in [7, 11) is -3.74. The van der Waals surface area contributed by atoms with Crippen molar-refractivity contribution in [3.05, 3.63) is 83.7 Å². The first-order valence-corrected chi connectivity index (χ1v) is 12.0. The number of pyridine rings is 1. The van der Waals surface area contributed by atoms with Gasteiger partial charge in [0.2, 0.25) is 0 Å². The summed E-state index contributed by atoms with van der Waals surface area (Å²) in [6.45, 7) is 6.50. The molecule has 0 spiro atoms. The van der Waals surface area contributed by atoms with E-state index in [9.17, 15) is 13.2 Å². The number of hydrogen-bond acceptors (Lipinski definition) is 5. The van der Waals surface area contributed by atoms with Crippen molar-refractivity contribution in [3.63, 3.8) is 0 Å². The fourth-order valence-electron chi connectivity index (χ4n) is 3.75. The quantitative estimate of drug-likeness (QED) is 0.644. The van der Waals surface area contributed by atoms with Crippen LogP contribution in [0.1, 0.15) is 21.5 Å². The van der Waals surface area contributed by atoms with Gasteiger partial charge in [0.1, 0.15) is 0 Å². The third-order valence-corrected chi connectivity index (χ3v) is 7.24. The van der Waals surface area contributed by atoms with Crippen LogP contribution in [-0.4, -0.2) is 50.4 Å². The van der Waals surface area contributed by atoms with E-state index in [2.05, 4.69) is 14.6 Å². The van der Waals surface area contributed by atoms with Crippen molar-refractivity contribution in [3.8, 4) is 0 Å². The molecule has 0 saturated carbocycles. The number of hydrogen-bond donors (Lipinski definition) is 1. The minimum absolute atomic E-state index is 0.0918. The van der Waals surface area contributed by atoms with Gasteiger partial charge < -0.3 is 9.80 Å². The first-order chi connectivity index (χ1) is 15.3. The first-order valence-electron chi connectivity index (χ1n) is 10.5. The Morgan fingerprint density at radius 2 is 1.56 bits per heavy atom. The molecule has 0 aliphatic carbocycles. The molecule has 1 fully saturated rings. The molecule has 2 heterocycles. The smallest absolute Gasteiger partial charge is 0.261 e. The molecule has 1 N–H and O–H groups in total. The Kier molecular flexibility index (Phi) is 6.14. The molecule has 0 radical (unpaired) electrons. The number of nitrogens with zero attached hydrogens (tertiary/aromatic N) is 3. The summed E-state index contributed by atoms with van der Waals surface area (Å²) in [4.78, 5) is 21.1. The Hall–Kier alpha value is -3.39. The summed E-state index contributed by atoms with van der Waals surface area (Å²) < 4.78 is 28.2. The lowest BCUT2D eigenvalue weighted by atomic mass is 10.1. The number of benzene rings is 2. The fraction of sp³-hybridized carbons (Fsp3) is 0.250. The van der Waals surface area contributed by atoms with E-state index in [1.807, 2.05) is 38.1 Å². The van der Waals surface area contributed by atoms with E-state index >= 15 is 0 Å². The topological polar surface area (TPSA) is 82.6 Å². The highest BCUT2D eigenvalue weighted by molar-refractivity contribution is 7.92. The van der Waals surface area contributed by atoms with Gasteiger partial charge in [0.05, 0.1) is 10.6 Å². The zero-order valence-electron chi connectivity index (χ0n) is 18.2. The van der Waals surface area contributed by atoms with Gasteiger partial charge in [-0.2, -0.15) is 0 Å². The molecule has 2 aromatic carbocycles. The van der Waals surface area contributed by atoms with Gasteiger partial charge in [-0.25, -0.2) is 8.42 Å². The first kappa shape index (κ1) is 21.8. The van der Waals surface area contributed by atoms with Crippen LogP contribution in [0.4, 0.5) is 11.4 Å². The molecule has 32 heavy (non-hydrogen) atoms. The van der Waals surface area contributed by atoms with E-state index < -0.39 is 10.0 Å². The summed E-state index contributed by atoms with van der Waals surface area (Å²) in [5.74, 6) is -0.0918. The lowest BCUT2D eigenvalue weighted by molar-refractivity contribution is 0.0746. The Labute approximate surface area is 188 Å². The average Bonchev–Trinajstić information content (AvgIpc) is 2.82. The molecule has 166 valence electrons. The monoisotopic (exact) mass is 450 g/mol. The van der Waals surface area contributed by atoms with E-state index in [1.165, 1.54) is 12.1 Å². The van der Waals surface area contributed by atoms with E-state index in [0.29, 0.717) is 24.3 Å². The van der Waals surface area contributed by atoms with Crippen LogP contribution >= 0.6 is 0 Å². The van der Waals surface area contributed by atoms with Gasteiger partial charge in [-0.05, 0) is 67.4 Å². The summed E-state index contributed by atoms with van der Waals surface area (Å²) in [6, 6.07) is 15.5. The number of rotatable bonds is 5. The number of amides is 1. The third-order valence-electron chi connectivity index (χ3n) is 5.86. The van der Waals surface area contributed by atoms with Gasteiger partial charge in [-0.15, -0.1) is 0 Å². The molecule has 0 bridgehead atoms. The summed E-state index contributed by atoms with van der Waals surface area (Å²) in [5, 5.41) is 0. The van der Waals surface area contributed by atoms with Gasteiger partial charge in [0.25, 0.3) is 15.9 Å². The molecule has 8 heteroatoms. The maximum absolute atomic E-state index is 12.9. The molecule has 1 aromatic heterocycles. The zero-order valence-corrected chi connectivity index (χ0v) is 19.0. The average molecular weight is 451 g/mol. The lowest BCUT2D eigenvalue weighted by Gasteiger charge is -2.36. The van der Waals surface area contributed by atoms with Crippen LogP contribution in [0.5, 0.6) is 0 Å². The predicted octanol–water partition coefficient (Wildman–Crippen LogP) is 3.46. The maximum atomic E-state index is 12.9. The van der Waals surface area contributed by atoms with E-state index in [4.69, 9.17) is 0 Å². The number of carbonyl (C=O) groups is 1. The van der Waals surface area contributed by atoms with Crippen LogP contribution in [0.2, 0.25) is 0 Å². The number of aryl methyl sites for hydroxylation is 1. The summed E-state index contributed by atoms with van der Waals surface area (Å²) in [6.07, 6.45) is 3.52. The van der Waals surface area contributed by atoms with Gasteiger partial charge in [0, 0.05) is 49.8 Å². The molecule has 1 aliphatic heterocycles. The van der Waals surface area contributed by atoms with Crippen LogP contribution in [0.15, 0.2) is 71.9 Å². The normalized spacial score (nSPS) is 14.3. The van der Waals surface area contributed by atoms with Gasteiger partial charge in [-0.1, -0.05) is 12.1 Å². The summed E-state index contributed by atoms with van der Waals surface area (Å²) in [5.41, 5.74) is 4.02. The van der Waals surface area contributed by atoms with Crippen LogP contribution in [0.25, 0.3) is 0 Å². The van der Waals surface area contributed by atoms with Crippen molar-refractivity contribution in [2.75, 3.05) is 35.8 Å². The molecular formula is C24H26N4O3S. The van der Waals surface area contributed by atoms with Crippen molar-refractivity contribution in [2.24, 2.45) is 0 Å². The molecule has 3 aromatic rings. The Bertz CT molecular complexity index is 1200. The second kappa shape index (κ2) is 9.00.